The quantitative estimate of drug-likeness (QED) is 0.652. The summed E-state index contributed by atoms with van der Waals surface area (Å²) < 4.78 is 13.8. The highest BCUT2D eigenvalue weighted by molar-refractivity contribution is 5.97. The molecule has 0 aromatic heterocycles. The van der Waals surface area contributed by atoms with Gasteiger partial charge in [0.2, 0.25) is 5.91 Å². The number of rotatable bonds is 9. The van der Waals surface area contributed by atoms with E-state index in [1.165, 1.54) is 18.2 Å². The Morgan fingerprint density at radius 2 is 1.68 bits per heavy atom. The fourth-order valence-electron chi connectivity index (χ4n) is 2.85. The van der Waals surface area contributed by atoms with Crippen LogP contribution >= 0.6 is 0 Å². The second-order valence-electron chi connectivity index (χ2n) is 7.08. The first-order chi connectivity index (χ1) is 13.4. The van der Waals surface area contributed by atoms with E-state index in [0.29, 0.717) is 6.54 Å². The summed E-state index contributed by atoms with van der Waals surface area (Å²) >= 11 is 0. The fraction of sp³-hybridized carbons (Fsp3) is 0.364. The lowest BCUT2D eigenvalue weighted by molar-refractivity contribution is -0.123. The van der Waals surface area contributed by atoms with Crippen molar-refractivity contribution in [3.8, 4) is 0 Å². The van der Waals surface area contributed by atoms with Crippen LogP contribution in [0.1, 0.15) is 30.6 Å². The van der Waals surface area contributed by atoms with E-state index in [1.807, 2.05) is 51.2 Å². The van der Waals surface area contributed by atoms with Crippen LogP contribution in [-0.2, 0) is 4.79 Å². The second-order valence-corrected chi connectivity index (χ2v) is 7.08. The van der Waals surface area contributed by atoms with Crippen molar-refractivity contribution in [3.05, 3.63) is 66.0 Å². The van der Waals surface area contributed by atoms with E-state index in [0.717, 1.165) is 18.7 Å². The predicted octanol–water partition coefficient (Wildman–Crippen LogP) is 3.22. The Labute approximate surface area is 165 Å². The zero-order chi connectivity index (χ0) is 20.5. The molecule has 0 bridgehead atoms. The van der Waals surface area contributed by atoms with Crippen LogP contribution in [0.2, 0.25) is 0 Å². The first-order valence-corrected chi connectivity index (χ1v) is 9.49. The summed E-state index contributed by atoms with van der Waals surface area (Å²) in [4.78, 5) is 27.0. The van der Waals surface area contributed by atoms with Gasteiger partial charge >= 0.3 is 0 Å². The van der Waals surface area contributed by atoms with Crippen LogP contribution in [0.25, 0.3) is 0 Å². The summed E-state index contributed by atoms with van der Waals surface area (Å²) in [6.45, 7) is 4.97. The van der Waals surface area contributed by atoms with Crippen LogP contribution in [0.5, 0.6) is 0 Å². The van der Waals surface area contributed by atoms with Gasteiger partial charge in [0.25, 0.3) is 5.91 Å². The maximum absolute atomic E-state index is 13.8. The standard InChI is InChI=1S/C22H28FN3O2/c1-16(2)20(25-21(27)18-12-7-8-13-19(18)23)22(28)24-14-9-15-26(3)17-10-5-4-6-11-17/h4-8,10-13,16,20H,9,14-15H2,1-3H3,(H,24,28)(H,25,27)/t20-/m0/s1. The molecule has 150 valence electrons. The molecule has 2 N–H and O–H groups in total. The van der Waals surface area contributed by atoms with Crippen molar-refractivity contribution in [1.82, 2.24) is 10.6 Å². The Morgan fingerprint density at radius 1 is 1.04 bits per heavy atom. The minimum absolute atomic E-state index is 0.0644. The number of anilines is 1. The molecule has 0 fully saturated rings. The first kappa shape index (κ1) is 21.4. The zero-order valence-corrected chi connectivity index (χ0v) is 16.6. The molecule has 0 spiro atoms. The van der Waals surface area contributed by atoms with Crippen molar-refractivity contribution in [2.75, 3.05) is 25.0 Å². The Morgan fingerprint density at radius 3 is 2.32 bits per heavy atom. The van der Waals surface area contributed by atoms with Gasteiger partial charge in [0.15, 0.2) is 0 Å². The van der Waals surface area contributed by atoms with Gasteiger partial charge in [0, 0.05) is 25.8 Å². The molecule has 28 heavy (non-hydrogen) atoms. The summed E-state index contributed by atoms with van der Waals surface area (Å²) in [6.07, 6.45) is 0.767. The van der Waals surface area contributed by atoms with Crippen LogP contribution in [0, 0.1) is 11.7 Å². The van der Waals surface area contributed by atoms with Crippen molar-refractivity contribution in [3.63, 3.8) is 0 Å². The lowest BCUT2D eigenvalue weighted by Crippen LogP contribution is -2.50. The monoisotopic (exact) mass is 385 g/mol. The lowest BCUT2D eigenvalue weighted by atomic mass is 10.0. The molecule has 2 aromatic rings. The Bertz CT molecular complexity index is 780. The van der Waals surface area contributed by atoms with Crippen LogP contribution < -0.4 is 15.5 Å². The molecule has 0 saturated heterocycles. The number of nitrogens with zero attached hydrogens (tertiary/aromatic N) is 1. The highest BCUT2D eigenvalue weighted by Crippen LogP contribution is 2.11. The van der Waals surface area contributed by atoms with E-state index >= 15 is 0 Å². The van der Waals surface area contributed by atoms with Crippen LogP contribution in [0.4, 0.5) is 10.1 Å². The van der Waals surface area contributed by atoms with Crippen molar-refractivity contribution < 1.29 is 14.0 Å². The molecule has 2 amide bonds. The second kappa shape index (κ2) is 10.4. The minimum Gasteiger partial charge on any atom is -0.375 e. The average molecular weight is 385 g/mol. The molecule has 0 aliphatic heterocycles. The topological polar surface area (TPSA) is 61.4 Å². The Balaban J connectivity index is 1.84. The van der Waals surface area contributed by atoms with E-state index < -0.39 is 17.8 Å². The number of benzene rings is 2. The van der Waals surface area contributed by atoms with E-state index in [9.17, 15) is 14.0 Å². The third-order valence-electron chi connectivity index (χ3n) is 4.52. The van der Waals surface area contributed by atoms with Crippen LogP contribution in [0.15, 0.2) is 54.6 Å². The predicted molar refractivity (Wildman–Crippen MR) is 110 cm³/mol. The first-order valence-electron chi connectivity index (χ1n) is 9.49. The molecular formula is C22H28FN3O2. The summed E-state index contributed by atoms with van der Waals surface area (Å²) in [6, 6.07) is 15.0. The number of halogens is 1. The minimum atomic E-state index is -0.723. The summed E-state index contributed by atoms with van der Waals surface area (Å²) in [7, 11) is 2.00. The largest absolute Gasteiger partial charge is 0.375 e. The number of para-hydroxylation sites is 1. The van der Waals surface area contributed by atoms with Crippen LogP contribution in [0.3, 0.4) is 0 Å². The zero-order valence-electron chi connectivity index (χ0n) is 16.6. The van der Waals surface area contributed by atoms with Crippen molar-refractivity contribution >= 4 is 17.5 Å². The summed E-state index contributed by atoms with van der Waals surface area (Å²) in [5.41, 5.74) is 1.05. The van der Waals surface area contributed by atoms with E-state index in [4.69, 9.17) is 0 Å². The van der Waals surface area contributed by atoms with Gasteiger partial charge < -0.3 is 15.5 Å². The van der Waals surface area contributed by atoms with Gasteiger partial charge in [-0.2, -0.15) is 0 Å². The van der Waals surface area contributed by atoms with Crippen molar-refractivity contribution in [2.24, 2.45) is 5.92 Å². The van der Waals surface area contributed by atoms with Crippen molar-refractivity contribution in [2.45, 2.75) is 26.3 Å². The average Bonchev–Trinajstić information content (AvgIpc) is 2.69. The smallest absolute Gasteiger partial charge is 0.254 e. The normalized spacial score (nSPS) is 11.8. The maximum Gasteiger partial charge on any atom is 0.254 e. The van der Waals surface area contributed by atoms with E-state index in [2.05, 4.69) is 15.5 Å². The van der Waals surface area contributed by atoms with E-state index in [1.54, 1.807) is 6.07 Å². The van der Waals surface area contributed by atoms with Gasteiger partial charge in [-0.15, -0.1) is 0 Å². The maximum atomic E-state index is 13.8. The molecule has 0 aliphatic carbocycles. The number of hydrogen-bond donors (Lipinski definition) is 2. The molecule has 0 saturated carbocycles. The molecule has 0 aliphatic rings. The van der Waals surface area contributed by atoms with Gasteiger partial charge in [-0.1, -0.05) is 44.2 Å². The lowest BCUT2D eigenvalue weighted by Gasteiger charge is -2.23. The number of carbonyl (C=O) groups is 2. The molecular weight excluding hydrogens is 357 g/mol. The van der Waals surface area contributed by atoms with Crippen LogP contribution in [-0.4, -0.2) is 38.0 Å². The molecule has 1 atom stereocenters. The molecule has 0 heterocycles. The third kappa shape index (κ3) is 6.08. The number of amides is 2. The van der Waals surface area contributed by atoms with Gasteiger partial charge in [-0.3, -0.25) is 9.59 Å². The molecule has 0 radical (unpaired) electrons. The van der Waals surface area contributed by atoms with Gasteiger partial charge in [-0.25, -0.2) is 4.39 Å². The third-order valence-corrected chi connectivity index (χ3v) is 4.52. The molecule has 5 nitrogen and oxygen atoms in total. The van der Waals surface area contributed by atoms with E-state index in [-0.39, 0.29) is 17.4 Å². The Kier molecular flexibility index (Phi) is 7.99. The van der Waals surface area contributed by atoms with Gasteiger partial charge in [-0.05, 0) is 36.6 Å². The fourth-order valence-corrected chi connectivity index (χ4v) is 2.85. The number of carbonyl (C=O) groups excluding carboxylic acids is 2. The number of nitrogens with one attached hydrogen (secondary N) is 2. The highest BCUT2D eigenvalue weighted by Gasteiger charge is 2.25. The van der Waals surface area contributed by atoms with Gasteiger partial charge in [0.05, 0.1) is 5.56 Å². The molecule has 2 rings (SSSR count). The molecule has 6 heteroatoms. The SMILES string of the molecule is CC(C)[C@H](NC(=O)c1ccccc1F)C(=O)NCCCN(C)c1ccccc1. The number of hydrogen-bond acceptors (Lipinski definition) is 3. The summed E-state index contributed by atoms with van der Waals surface area (Å²) in [5.74, 6) is -1.58. The van der Waals surface area contributed by atoms with Crippen molar-refractivity contribution in [1.29, 1.82) is 0 Å². The van der Waals surface area contributed by atoms with Gasteiger partial charge in [0.1, 0.15) is 11.9 Å². The molecule has 0 unspecified atom stereocenters. The summed E-state index contributed by atoms with van der Waals surface area (Å²) in [5, 5.41) is 5.52. The molecule has 2 aromatic carbocycles. The Hall–Kier alpha value is -2.89. The highest BCUT2D eigenvalue weighted by atomic mass is 19.1.